The summed E-state index contributed by atoms with van der Waals surface area (Å²) >= 11 is 9.00. The van der Waals surface area contributed by atoms with E-state index < -0.39 is 0 Å². The van der Waals surface area contributed by atoms with Crippen LogP contribution >= 0.6 is 27.5 Å². The summed E-state index contributed by atoms with van der Waals surface area (Å²) in [6.07, 6.45) is 3.44. The standard InChI is InChI=1S/C8H11BrClN3/c1-6(3-10)13(2)8-11-4-7(9)5-12-8/h4-6H,3H2,1-2H3. The zero-order chi connectivity index (χ0) is 9.84. The van der Waals surface area contributed by atoms with E-state index in [9.17, 15) is 0 Å². The molecule has 0 amide bonds. The second kappa shape index (κ2) is 4.77. The van der Waals surface area contributed by atoms with Crippen LogP contribution in [0, 0.1) is 0 Å². The van der Waals surface area contributed by atoms with Gasteiger partial charge >= 0.3 is 0 Å². The largest absolute Gasteiger partial charge is 0.340 e. The number of aromatic nitrogens is 2. The first-order valence-corrected chi connectivity index (χ1v) is 5.24. The van der Waals surface area contributed by atoms with E-state index in [-0.39, 0.29) is 6.04 Å². The van der Waals surface area contributed by atoms with E-state index >= 15 is 0 Å². The van der Waals surface area contributed by atoms with Crippen LogP contribution in [-0.4, -0.2) is 28.9 Å². The third kappa shape index (κ3) is 2.81. The van der Waals surface area contributed by atoms with E-state index in [0.717, 1.165) is 4.47 Å². The highest BCUT2D eigenvalue weighted by Gasteiger charge is 2.10. The lowest BCUT2D eigenvalue weighted by Crippen LogP contribution is -2.31. The lowest BCUT2D eigenvalue weighted by molar-refractivity contribution is 0.734. The number of alkyl halides is 1. The van der Waals surface area contributed by atoms with E-state index in [1.54, 1.807) is 12.4 Å². The second-order valence-corrected chi connectivity index (χ2v) is 4.04. The van der Waals surface area contributed by atoms with Crippen LogP contribution in [0.2, 0.25) is 0 Å². The minimum atomic E-state index is 0.239. The Morgan fingerprint density at radius 1 is 1.54 bits per heavy atom. The number of hydrogen-bond donors (Lipinski definition) is 0. The summed E-state index contributed by atoms with van der Waals surface area (Å²) in [7, 11) is 1.93. The molecule has 1 aromatic rings. The van der Waals surface area contributed by atoms with Gasteiger partial charge in [-0.1, -0.05) is 0 Å². The molecule has 1 atom stereocenters. The Hall–Kier alpha value is -0.350. The van der Waals surface area contributed by atoms with E-state index in [4.69, 9.17) is 11.6 Å². The maximum Gasteiger partial charge on any atom is 0.225 e. The van der Waals surface area contributed by atoms with E-state index in [1.165, 1.54) is 0 Å². The Labute approximate surface area is 91.3 Å². The highest BCUT2D eigenvalue weighted by Crippen LogP contribution is 2.12. The van der Waals surface area contributed by atoms with Gasteiger partial charge < -0.3 is 4.90 Å². The zero-order valence-corrected chi connectivity index (χ0v) is 9.88. The second-order valence-electron chi connectivity index (χ2n) is 2.82. The molecule has 72 valence electrons. The number of rotatable bonds is 3. The molecule has 3 nitrogen and oxygen atoms in total. The van der Waals surface area contributed by atoms with Crippen LogP contribution in [0.3, 0.4) is 0 Å². The fourth-order valence-electron chi connectivity index (χ4n) is 0.788. The molecule has 0 fully saturated rings. The molecule has 13 heavy (non-hydrogen) atoms. The number of hydrogen-bond acceptors (Lipinski definition) is 3. The predicted octanol–water partition coefficient (Wildman–Crippen LogP) is 2.30. The van der Waals surface area contributed by atoms with Crippen LogP contribution in [-0.2, 0) is 0 Å². The van der Waals surface area contributed by atoms with Crippen LogP contribution in [0.4, 0.5) is 5.95 Å². The van der Waals surface area contributed by atoms with Crippen molar-refractivity contribution in [3.8, 4) is 0 Å². The van der Waals surface area contributed by atoms with Gasteiger partial charge in [0.2, 0.25) is 5.95 Å². The predicted molar refractivity (Wildman–Crippen MR) is 58.3 cm³/mol. The first-order chi connectivity index (χ1) is 6.15. The Kier molecular flexibility index (Phi) is 3.93. The summed E-state index contributed by atoms with van der Waals surface area (Å²) in [6.45, 7) is 2.03. The highest BCUT2D eigenvalue weighted by molar-refractivity contribution is 9.10. The van der Waals surface area contributed by atoms with Crippen molar-refractivity contribution in [1.82, 2.24) is 9.97 Å². The average molecular weight is 265 g/mol. The van der Waals surface area contributed by atoms with Crippen LogP contribution in [0.1, 0.15) is 6.92 Å². The highest BCUT2D eigenvalue weighted by atomic mass is 79.9. The zero-order valence-electron chi connectivity index (χ0n) is 7.54. The van der Waals surface area contributed by atoms with Crippen molar-refractivity contribution in [2.45, 2.75) is 13.0 Å². The molecule has 0 N–H and O–H groups in total. The van der Waals surface area contributed by atoms with Gasteiger partial charge in [0.1, 0.15) is 0 Å². The third-order valence-electron chi connectivity index (χ3n) is 1.81. The molecule has 0 aliphatic rings. The molecule has 0 aliphatic carbocycles. The van der Waals surface area contributed by atoms with Crippen LogP contribution in [0.5, 0.6) is 0 Å². The maximum atomic E-state index is 5.72. The first kappa shape index (κ1) is 10.7. The summed E-state index contributed by atoms with van der Waals surface area (Å²) in [6, 6.07) is 0.239. The molecular formula is C8H11BrClN3. The molecule has 1 unspecified atom stereocenters. The van der Waals surface area contributed by atoms with Gasteiger partial charge in [0, 0.05) is 31.4 Å². The Bertz CT molecular complexity index is 265. The molecule has 1 heterocycles. The molecule has 0 saturated carbocycles. The number of halogens is 2. The van der Waals surface area contributed by atoms with Gasteiger partial charge in [-0.05, 0) is 22.9 Å². The van der Waals surface area contributed by atoms with Crippen molar-refractivity contribution in [3.63, 3.8) is 0 Å². The van der Waals surface area contributed by atoms with Crippen molar-refractivity contribution in [2.24, 2.45) is 0 Å². The minimum absolute atomic E-state index is 0.239. The summed E-state index contributed by atoms with van der Waals surface area (Å²) in [5.74, 6) is 1.26. The summed E-state index contributed by atoms with van der Waals surface area (Å²) in [5, 5.41) is 0. The topological polar surface area (TPSA) is 29.0 Å². The smallest absolute Gasteiger partial charge is 0.225 e. The van der Waals surface area contributed by atoms with E-state index in [2.05, 4.69) is 25.9 Å². The SMILES string of the molecule is CC(CCl)N(C)c1ncc(Br)cn1. The van der Waals surface area contributed by atoms with Crippen molar-refractivity contribution in [1.29, 1.82) is 0 Å². The molecular weight excluding hydrogens is 253 g/mol. The molecule has 0 aromatic carbocycles. The number of nitrogens with zero attached hydrogens (tertiary/aromatic N) is 3. The monoisotopic (exact) mass is 263 g/mol. The van der Waals surface area contributed by atoms with Crippen molar-refractivity contribution >= 4 is 33.5 Å². The lowest BCUT2D eigenvalue weighted by Gasteiger charge is -2.22. The Balaban J connectivity index is 2.77. The van der Waals surface area contributed by atoms with Gasteiger partial charge in [-0.3, -0.25) is 0 Å². The van der Waals surface area contributed by atoms with Crippen molar-refractivity contribution < 1.29 is 0 Å². The molecule has 0 bridgehead atoms. The van der Waals surface area contributed by atoms with Crippen molar-refractivity contribution in [3.05, 3.63) is 16.9 Å². The average Bonchev–Trinajstić information content (AvgIpc) is 2.17. The Morgan fingerprint density at radius 2 is 2.08 bits per heavy atom. The Morgan fingerprint density at radius 3 is 2.54 bits per heavy atom. The first-order valence-electron chi connectivity index (χ1n) is 3.91. The maximum absolute atomic E-state index is 5.72. The molecule has 1 rings (SSSR count). The van der Waals surface area contributed by atoms with Gasteiger partial charge in [-0.15, -0.1) is 11.6 Å². The summed E-state index contributed by atoms with van der Waals surface area (Å²) in [5.41, 5.74) is 0. The van der Waals surface area contributed by atoms with Gasteiger partial charge in [-0.25, -0.2) is 9.97 Å². The third-order valence-corrected chi connectivity index (χ3v) is 2.66. The molecule has 0 aliphatic heterocycles. The summed E-state index contributed by atoms with van der Waals surface area (Å²) < 4.78 is 0.878. The van der Waals surface area contributed by atoms with E-state index in [0.29, 0.717) is 11.8 Å². The lowest BCUT2D eigenvalue weighted by atomic mass is 10.3. The molecule has 1 aromatic heterocycles. The number of anilines is 1. The molecule has 0 radical (unpaired) electrons. The summed E-state index contributed by atoms with van der Waals surface area (Å²) in [4.78, 5) is 10.3. The molecule has 0 spiro atoms. The van der Waals surface area contributed by atoms with E-state index in [1.807, 2.05) is 18.9 Å². The van der Waals surface area contributed by atoms with Crippen LogP contribution in [0.25, 0.3) is 0 Å². The van der Waals surface area contributed by atoms with Gasteiger partial charge in [-0.2, -0.15) is 0 Å². The normalized spacial score (nSPS) is 12.6. The van der Waals surface area contributed by atoms with Crippen molar-refractivity contribution in [2.75, 3.05) is 17.8 Å². The minimum Gasteiger partial charge on any atom is -0.340 e. The fourth-order valence-corrected chi connectivity index (χ4v) is 1.20. The van der Waals surface area contributed by atoms with Gasteiger partial charge in [0.25, 0.3) is 0 Å². The van der Waals surface area contributed by atoms with Crippen LogP contribution < -0.4 is 4.90 Å². The van der Waals surface area contributed by atoms with Gasteiger partial charge in [0.05, 0.1) is 4.47 Å². The quantitative estimate of drug-likeness (QED) is 0.785. The van der Waals surface area contributed by atoms with Crippen LogP contribution in [0.15, 0.2) is 16.9 Å². The fraction of sp³-hybridized carbons (Fsp3) is 0.500. The van der Waals surface area contributed by atoms with Gasteiger partial charge in [0.15, 0.2) is 0 Å². The molecule has 5 heteroatoms. The molecule has 0 saturated heterocycles.